The second-order valence-corrected chi connectivity index (χ2v) is 5.68. The number of hydrogen-bond acceptors (Lipinski definition) is 2. The SMILES string of the molecule is CC(C)(C)c1cnc2scc(Cl)c2c1. The Labute approximate surface area is 92.7 Å². The first-order valence-electron chi connectivity index (χ1n) is 4.52. The van der Waals surface area contributed by atoms with E-state index >= 15 is 0 Å². The number of nitrogens with zero attached hydrogens (tertiary/aromatic N) is 1. The van der Waals surface area contributed by atoms with Crippen LogP contribution in [-0.4, -0.2) is 4.98 Å². The van der Waals surface area contributed by atoms with Gasteiger partial charge in [-0.15, -0.1) is 11.3 Å². The van der Waals surface area contributed by atoms with Crippen LogP contribution in [0.15, 0.2) is 17.6 Å². The Hall–Kier alpha value is -0.600. The summed E-state index contributed by atoms with van der Waals surface area (Å²) in [5.41, 5.74) is 1.36. The van der Waals surface area contributed by atoms with E-state index in [0.29, 0.717) is 0 Å². The van der Waals surface area contributed by atoms with Crippen molar-refractivity contribution >= 4 is 33.2 Å². The highest BCUT2D eigenvalue weighted by Gasteiger charge is 2.15. The minimum absolute atomic E-state index is 0.131. The highest BCUT2D eigenvalue weighted by atomic mass is 35.5. The molecule has 2 aromatic rings. The lowest BCUT2D eigenvalue weighted by Crippen LogP contribution is -2.10. The summed E-state index contributed by atoms with van der Waals surface area (Å²) in [5.74, 6) is 0. The molecule has 2 heterocycles. The molecule has 0 unspecified atom stereocenters. The number of rotatable bonds is 0. The quantitative estimate of drug-likeness (QED) is 0.653. The van der Waals surface area contributed by atoms with Gasteiger partial charge in [0.1, 0.15) is 4.83 Å². The van der Waals surface area contributed by atoms with E-state index in [9.17, 15) is 0 Å². The number of pyridine rings is 1. The number of aromatic nitrogens is 1. The van der Waals surface area contributed by atoms with Crippen molar-refractivity contribution in [2.24, 2.45) is 0 Å². The molecule has 2 aromatic heterocycles. The topological polar surface area (TPSA) is 12.9 Å². The van der Waals surface area contributed by atoms with Gasteiger partial charge in [-0.1, -0.05) is 32.4 Å². The zero-order valence-corrected chi connectivity index (χ0v) is 10.0. The Morgan fingerprint density at radius 1 is 1.36 bits per heavy atom. The van der Waals surface area contributed by atoms with Gasteiger partial charge in [-0.05, 0) is 17.0 Å². The minimum atomic E-state index is 0.131. The average Bonchev–Trinajstić information content (AvgIpc) is 2.46. The molecule has 0 atom stereocenters. The van der Waals surface area contributed by atoms with E-state index in [4.69, 9.17) is 11.6 Å². The molecule has 0 amide bonds. The summed E-state index contributed by atoms with van der Waals surface area (Å²) in [4.78, 5) is 5.42. The molecule has 0 saturated heterocycles. The van der Waals surface area contributed by atoms with Crippen molar-refractivity contribution in [2.75, 3.05) is 0 Å². The van der Waals surface area contributed by atoms with Crippen LogP contribution in [0.2, 0.25) is 5.02 Å². The van der Waals surface area contributed by atoms with Gasteiger partial charge in [0.05, 0.1) is 5.02 Å². The van der Waals surface area contributed by atoms with Crippen LogP contribution in [0.3, 0.4) is 0 Å². The molecule has 0 aromatic carbocycles. The lowest BCUT2D eigenvalue weighted by atomic mass is 9.88. The first-order valence-corrected chi connectivity index (χ1v) is 5.77. The molecule has 0 fully saturated rings. The molecule has 74 valence electrons. The maximum absolute atomic E-state index is 6.07. The van der Waals surface area contributed by atoms with Crippen LogP contribution < -0.4 is 0 Å². The molecule has 0 radical (unpaired) electrons. The lowest BCUT2D eigenvalue weighted by Gasteiger charge is -2.18. The van der Waals surface area contributed by atoms with Crippen molar-refractivity contribution < 1.29 is 0 Å². The van der Waals surface area contributed by atoms with Gasteiger partial charge in [0.15, 0.2) is 0 Å². The highest BCUT2D eigenvalue weighted by Crippen LogP contribution is 2.31. The Balaban J connectivity index is 2.66. The van der Waals surface area contributed by atoms with Crippen LogP contribution in [0.5, 0.6) is 0 Å². The first-order chi connectivity index (χ1) is 6.48. The monoisotopic (exact) mass is 225 g/mol. The van der Waals surface area contributed by atoms with Gasteiger partial charge in [-0.25, -0.2) is 4.98 Å². The average molecular weight is 226 g/mol. The molecular formula is C11H12ClNS. The van der Waals surface area contributed by atoms with Crippen LogP contribution in [0.25, 0.3) is 10.2 Å². The molecular weight excluding hydrogens is 214 g/mol. The molecule has 0 aliphatic heterocycles. The minimum Gasteiger partial charge on any atom is -0.245 e. The summed E-state index contributed by atoms with van der Waals surface area (Å²) >= 11 is 7.66. The van der Waals surface area contributed by atoms with E-state index in [-0.39, 0.29) is 5.41 Å². The maximum Gasteiger partial charge on any atom is 0.124 e. The number of fused-ring (bicyclic) bond motifs is 1. The van der Waals surface area contributed by atoms with E-state index < -0.39 is 0 Å². The van der Waals surface area contributed by atoms with Gasteiger partial charge >= 0.3 is 0 Å². The Bertz CT molecular complexity index is 468. The van der Waals surface area contributed by atoms with Crippen molar-refractivity contribution in [2.45, 2.75) is 26.2 Å². The summed E-state index contributed by atoms with van der Waals surface area (Å²) < 4.78 is 0. The Morgan fingerprint density at radius 3 is 2.71 bits per heavy atom. The standard InChI is InChI=1S/C11H12ClNS/c1-11(2,3)7-4-8-9(12)6-14-10(8)13-5-7/h4-6H,1-3H3. The summed E-state index contributed by atoms with van der Waals surface area (Å²) in [6.45, 7) is 6.53. The van der Waals surface area contributed by atoms with E-state index in [1.807, 2.05) is 11.6 Å². The van der Waals surface area contributed by atoms with Gasteiger partial charge < -0.3 is 0 Å². The van der Waals surface area contributed by atoms with Gasteiger partial charge in [0.25, 0.3) is 0 Å². The van der Waals surface area contributed by atoms with Crippen molar-refractivity contribution in [3.05, 3.63) is 28.2 Å². The first kappa shape index (κ1) is 9.94. The third kappa shape index (κ3) is 1.64. The van der Waals surface area contributed by atoms with Gasteiger partial charge in [0, 0.05) is 17.0 Å². The number of thiophene rings is 1. The van der Waals surface area contributed by atoms with E-state index in [1.165, 1.54) is 5.56 Å². The van der Waals surface area contributed by atoms with Crippen molar-refractivity contribution in [3.8, 4) is 0 Å². The molecule has 0 spiro atoms. The number of halogens is 1. The maximum atomic E-state index is 6.07. The fraction of sp³-hybridized carbons (Fsp3) is 0.364. The van der Waals surface area contributed by atoms with Gasteiger partial charge in [-0.3, -0.25) is 0 Å². The van der Waals surface area contributed by atoms with Crippen LogP contribution >= 0.6 is 22.9 Å². The van der Waals surface area contributed by atoms with E-state index in [2.05, 4.69) is 31.8 Å². The zero-order valence-electron chi connectivity index (χ0n) is 8.47. The lowest BCUT2D eigenvalue weighted by molar-refractivity contribution is 0.589. The van der Waals surface area contributed by atoms with Gasteiger partial charge in [-0.2, -0.15) is 0 Å². The molecule has 0 aliphatic rings. The predicted octanol–water partition coefficient (Wildman–Crippen LogP) is 4.25. The zero-order chi connectivity index (χ0) is 10.3. The second-order valence-electron chi connectivity index (χ2n) is 4.41. The fourth-order valence-electron chi connectivity index (χ4n) is 1.30. The second kappa shape index (κ2) is 3.21. The fourth-order valence-corrected chi connectivity index (χ4v) is 2.38. The van der Waals surface area contributed by atoms with Crippen LogP contribution in [0, 0.1) is 0 Å². The smallest absolute Gasteiger partial charge is 0.124 e. The Morgan fingerprint density at radius 2 is 2.07 bits per heavy atom. The molecule has 0 aliphatic carbocycles. The van der Waals surface area contributed by atoms with Crippen LogP contribution in [-0.2, 0) is 5.41 Å². The van der Waals surface area contributed by atoms with Crippen molar-refractivity contribution in [1.29, 1.82) is 0 Å². The summed E-state index contributed by atoms with van der Waals surface area (Å²) in [6.07, 6.45) is 1.94. The van der Waals surface area contributed by atoms with Crippen molar-refractivity contribution in [1.82, 2.24) is 4.98 Å². The van der Waals surface area contributed by atoms with E-state index in [1.54, 1.807) is 11.3 Å². The summed E-state index contributed by atoms with van der Waals surface area (Å²) in [7, 11) is 0. The van der Waals surface area contributed by atoms with Gasteiger partial charge in [0.2, 0.25) is 0 Å². The molecule has 2 rings (SSSR count). The molecule has 0 bridgehead atoms. The van der Waals surface area contributed by atoms with Crippen LogP contribution in [0.1, 0.15) is 26.3 Å². The largest absolute Gasteiger partial charge is 0.245 e. The molecule has 14 heavy (non-hydrogen) atoms. The third-order valence-electron chi connectivity index (χ3n) is 2.25. The summed E-state index contributed by atoms with van der Waals surface area (Å²) in [5, 5.41) is 3.82. The highest BCUT2D eigenvalue weighted by molar-refractivity contribution is 7.17. The van der Waals surface area contributed by atoms with Crippen LogP contribution in [0.4, 0.5) is 0 Å². The predicted molar refractivity (Wildman–Crippen MR) is 63.3 cm³/mol. The summed E-state index contributed by atoms with van der Waals surface area (Å²) in [6, 6.07) is 2.14. The molecule has 3 heteroatoms. The third-order valence-corrected chi connectivity index (χ3v) is 3.59. The number of hydrogen-bond donors (Lipinski definition) is 0. The normalized spacial score (nSPS) is 12.3. The molecule has 0 saturated carbocycles. The van der Waals surface area contributed by atoms with Crippen molar-refractivity contribution in [3.63, 3.8) is 0 Å². The van der Waals surface area contributed by atoms with E-state index in [0.717, 1.165) is 15.2 Å². The molecule has 1 nitrogen and oxygen atoms in total. The Kier molecular flexibility index (Phi) is 2.28. The molecule has 0 N–H and O–H groups in total.